The third kappa shape index (κ3) is 39.8. The van der Waals surface area contributed by atoms with Gasteiger partial charge < -0.3 is 0 Å². The summed E-state index contributed by atoms with van der Waals surface area (Å²) in [5.74, 6) is 0. The molecule has 10 heteroatoms. The van der Waals surface area contributed by atoms with Crippen LogP contribution in [0.4, 0.5) is 0 Å². The average Bonchev–Trinajstić information content (AvgIpc) is 2.72. The molecule has 2 aromatic carbocycles. The molecule has 28 heavy (non-hydrogen) atoms. The predicted octanol–water partition coefficient (Wildman–Crippen LogP) is 6.93. The van der Waals surface area contributed by atoms with Crippen molar-refractivity contribution in [2.24, 2.45) is 0 Å². The Balaban J connectivity index is -0.000000134. The minimum atomic E-state index is -0.106. The Kier molecular flexibility index (Phi) is 45.1. The van der Waals surface area contributed by atoms with Gasteiger partial charge in [-0.25, -0.2) is 0 Å². The first kappa shape index (κ1) is 34.4. The van der Waals surface area contributed by atoms with E-state index in [2.05, 4.69) is 0 Å². The SMILES string of the molecule is CC#N.CC#N.N#Cc1ccccc1.N#Cc1ccccc1.[Cl][Pd][Cl].[Cl][Pd][Cl]. The molecule has 0 unspecified atom stereocenters. The number of nitriles is 4. The molecule has 0 N–H and O–H groups in total. The molecular weight excluding hydrogens is 627 g/mol. The summed E-state index contributed by atoms with van der Waals surface area (Å²) in [4.78, 5) is 0. The molecule has 0 aliphatic rings. The molecule has 0 aromatic heterocycles. The second-order valence-electron chi connectivity index (χ2n) is 3.49. The van der Waals surface area contributed by atoms with Crippen LogP contribution < -0.4 is 0 Å². The molecule has 2 rings (SSSR count). The Hall–Kier alpha value is -1.12. The Labute approximate surface area is 199 Å². The van der Waals surface area contributed by atoms with E-state index in [-0.39, 0.29) is 31.9 Å². The number of benzene rings is 2. The van der Waals surface area contributed by atoms with E-state index in [0.29, 0.717) is 11.1 Å². The number of hydrogen-bond acceptors (Lipinski definition) is 4. The fourth-order valence-corrected chi connectivity index (χ4v) is 1.03. The van der Waals surface area contributed by atoms with Gasteiger partial charge in [-0.05, 0) is 24.3 Å². The van der Waals surface area contributed by atoms with Gasteiger partial charge in [0.15, 0.2) is 0 Å². The maximum atomic E-state index is 8.29. The molecule has 0 atom stereocenters. The number of halogens is 4. The zero-order chi connectivity index (χ0) is 22.5. The summed E-state index contributed by atoms with van der Waals surface area (Å²) < 4.78 is 0. The van der Waals surface area contributed by atoms with Crippen molar-refractivity contribution in [3.63, 3.8) is 0 Å². The molecule has 0 aliphatic heterocycles. The zero-order valence-corrected chi connectivity index (χ0v) is 20.8. The molecule has 0 aliphatic carbocycles. The van der Waals surface area contributed by atoms with Crippen LogP contribution in [0.2, 0.25) is 0 Å². The van der Waals surface area contributed by atoms with Gasteiger partial charge in [0.05, 0.1) is 35.4 Å². The monoisotopic (exact) mass is 640 g/mol. The van der Waals surface area contributed by atoms with Crippen LogP contribution in [0.1, 0.15) is 25.0 Å². The number of rotatable bonds is 0. The summed E-state index contributed by atoms with van der Waals surface area (Å²) in [7, 11) is 19.3. The third-order valence-electron chi connectivity index (χ3n) is 1.81. The topological polar surface area (TPSA) is 95.2 Å². The van der Waals surface area contributed by atoms with Crippen LogP contribution in [0, 0.1) is 45.3 Å². The van der Waals surface area contributed by atoms with Crippen molar-refractivity contribution >= 4 is 38.1 Å². The summed E-state index contributed by atoms with van der Waals surface area (Å²) >= 11 is -0.211. The molecule has 0 saturated heterocycles. The summed E-state index contributed by atoms with van der Waals surface area (Å²) in [6, 6.07) is 25.8. The maximum absolute atomic E-state index is 8.29. The van der Waals surface area contributed by atoms with Crippen molar-refractivity contribution in [3.8, 4) is 24.3 Å². The van der Waals surface area contributed by atoms with Crippen LogP contribution >= 0.6 is 38.1 Å². The molecule has 0 amide bonds. The summed E-state index contributed by atoms with van der Waals surface area (Å²) in [5.41, 5.74) is 1.43. The van der Waals surface area contributed by atoms with E-state index in [1.165, 1.54) is 13.8 Å². The predicted molar refractivity (Wildman–Crippen MR) is 108 cm³/mol. The van der Waals surface area contributed by atoms with Crippen molar-refractivity contribution < 1.29 is 31.9 Å². The Morgan fingerprint density at radius 1 is 0.571 bits per heavy atom. The van der Waals surface area contributed by atoms with Gasteiger partial charge in [0.1, 0.15) is 0 Å². The van der Waals surface area contributed by atoms with E-state index >= 15 is 0 Å². The first-order chi connectivity index (χ1) is 13.5. The van der Waals surface area contributed by atoms with E-state index < -0.39 is 0 Å². The first-order valence-corrected chi connectivity index (χ1v) is 14.7. The molecule has 4 nitrogen and oxygen atoms in total. The van der Waals surface area contributed by atoms with E-state index in [1.807, 2.05) is 48.5 Å². The fourth-order valence-electron chi connectivity index (χ4n) is 1.03. The second kappa shape index (κ2) is 36.7. The minimum absolute atomic E-state index is 0.106. The van der Waals surface area contributed by atoms with Gasteiger partial charge in [-0.3, -0.25) is 0 Å². The molecule has 0 spiro atoms. The molecular formula is C18H16Cl4N4Pd2. The number of nitrogens with zero attached hydrogens (tertiary/aromatic N) is 4. The van der Waals surface area contributed by atoms with Gasteiger partial charge in [-0.15, -0.1) is 0 Å². The van der Waals surface area contributed by atoms with Gasteiger partial charge in [-0.2, -0.15) is 21.0 Å². The number of hydrogen-bond donors (Lipinski definition) is 0. The van der Waals surface area contributed by atoms with Crippen molar-refractivity contribution in [1.29, 1.82) is 21.0 Å². The molecule has 156 valence electrons. The van der Waals surface area contributed by atoms with Crippen LogP contribution in [-0.4, -0.2) is 0 Å². The van der Waals surface area contributed by atoms with Gasteiger partial charge >= 0.3 is 70.0 Å². The Morgan fingerprint density at radius 3 is 0.857 bits per heavy atom. The van der Waals surface area contributed by atoms with E-state index in [4.69, 9.17) is 59.2 Å². The van der Waals surface area contributed by atoms with Gasteiger partial charge in [0.2, 0.25) is 0 Å². The van der Waals surface area contributed by atoms with Crippen LogP contribution in [0.5, 0.6) is 0 Å². The van der Waals surface area contributed by atoms with Crippen LogP contribution in [-0.2, 0) is 31.9 Å². The molecule has 0 fully saturated rings. The van der Waals surface area contributed by atoms with Crippen molar-refractivity contribution in [3.05, 3.63) is 71.8 Å². The molecule has 0 radical (unpaired) electrons. The Morgan fingerprint density at radius 2 is 0.750 bits per heavy atom. The van der Waals surface area contributed by atoms with Crippen molar-refractivity contribution in [2.45, 2.75) is 13.8 Å². The molecule has 0 saturated carbocycles. The fraction of sp³-hybridized carbons (Fsp3) is 0.111. The van der Waals surface area contributed by atoms with Crippen LogP contribution in [0.15, 0.2) is 60.7 Å². The van der Waals surface area contributed by atoms with E-state index in [0.717, 1.165) is 0 Å². The van der Waals surface area contributed by atoms with E-state index in [1.54, 1.807) is 36.4 Å². The van der Waals surface area contributed by atoms with Crippen molar-refractivity contribution in [2.75, 3.05) is 0 Å². The molecule has 0 bridgehead atoms. The van der Waals surface area contributed by atoms with Crippen LogP contribution in [0.25, 0.3) is 0 Å². The second-order valence-corrected chi connectivity index (χ2v) is 8.21. The van der Waals surface area contributed by atoms with Gasteiger partial charge in [0.25, 0.3) is 0 Å². The summed E-state index contributed by atoms with van der Waals surface area (Å²) in [6.45, 7) is 2.86. The molecule has 2 aromatic rings. The standard InChI is InChI=1S/2C7H5N.2C2H3N.4ClH.2Pd/c2*8-6-7-4-2-1-3-5-7;2*1-2-3;;;;;;/h2*1-5H;2*1H3;4*1H;;/q;;;;;;;;2*+2/p-4. The Bertz CT molecular complexity index is 643. The zero-order valence-electron chi connectivity index (χ0n) is 14.7. The van der Waals surface area contributed by atoms with Gasteiger partial charge in [0, 0.05) is 13.8 Å². The van der Waals surface area contributed by atoms with Crippen LogP contribution in [0.3, 0.4) is 0 Å². The molecule has 0 heterocycles. The van der Waals surface area contributed by atoms with E-state index in [9.17, 15) is 0 Å². The van der Waals surface area contributed by atoms with Crippen molar-refractivity contribution in [1.82, 2.24) is 0 Å². The summed E-state index contributed by atoms with van der Waals surface area (Å²) in [5, 5.41) is 31.2. The quantitative estimate of drug-likeness (QED) is 0.291. The summed E-state index contributed by atoms with van der Waals surface area (Å²) in [6.07, 6.45) is 0. The normalized spacial score (nSPS) is 6.64. The average molecular weight is 643 g/mol. The third-order valence-corrected chi connectivity index (χ3v) is 1.81. The first-order valence-electron chi connectivity index (χ1n) is 6.69. The van der Waals surface area contributed by atoms with Gasteiger partial charge in [-0.1, -0.05) is 36.4 Å².